The number of benzene rings is 9. The standard InChI is InChI=1S/3C30H28O13/c1-13(33)41-27-21(35)11-38-30(28(27)42-14(2)34)43-26-19-6-17(9-32)16(8-31)5-18(19)24(25-20(26)10-37-29(25)36)15-3-4-22-23(7-15)40-12-39-22;1-13(33)41-23-11-38-30(26(35)28(23)42-14(2)34)43-27-19-6-17(9-32)16(8-31)5-18(19)24(25-20(27)10-37-29(25)36)15-3-4-21-22(7-15)40-12-39-21;1-13(33)41-23-11-38-30(28(26(23)35)42-14(2)34)43-27-19-6-17(9-32)16(8-31)5-18(19)24(25-20(27)10-37-29(25)36)15-3-4-21-22(7-15)40-12-39-21/h3-7,21,27-28,30-32,35H,8-12H2,1-2H3;2*3-7,23,26,28,30-32,35H,8-12H2,1-2H3/t21-,27+,28-,30?;23-,26-,28+,30?;23-,26+,28-,30?/m111/s1. The number of cyclic esters (lactones) is 3. The largest absolute Gasteiger partial charge is 0.461 e. The lowest BCUT2D eigenvalue weighted by atomic mass is 9.87. The molecule has 9 heterocycles. The summed E-state index contributed by atoms with van der Waals surface area (Å²) in [7, 11) is 0. The van der Waals surface area contributed by atoms with E-state index in [1.54, 1.807) is 91.0 Å². The fourth-order valence-corrected chi connectivity index (χ4v) is 16.9. The fourth-order valence-electron chi connectivity index (χ4n) is 16.9. The van der Waals surface area contributed by atoms with Gasteiger partial charge >= 0.3 is 53.7 Å². The van der Waals surface area contributed by atoms with Gasteiger partial charge in [-0.05, 0) is 139 Å². The third-order valence-corrected chi connectivity index (χ3v) is 22.5. The molecular weight excluding hydrogens is 1700 g/mol. The van der Waals surface area contributed by atoms with Crippen molar-refractivity contribution in [2.75, 3.05) is 40.2 Å². The molecule has 9 aromatic rings. The zero-order chi connectivity index (χ0) is 91.2. The summed E-state index contributed by atoms with van der Waals surface area (Å²) in [5, 5.41) is 96.0. The Kier molecular flexibility index (Phi) is 25.7. The Morgan fingerprint density at radius 2 is 0.605 bits per heavy atom. The SMILES string of the molecule is CC(=O)O[C@@H]1COC(Oc2c3c(c(-c4ccc5c(c4)OCO5)c4cc(CO)c(CO)cc24)C(=O)OC3)[C@H](OC(C)=O)[C@H]1O.CC(=O)O[C@H]1[C@H](O)COC(Oc2c3c(c(-c4ccc5c(c4)OCO5)c4cc(CO)c(CO)cc24)C(=O)OC3)[C@@H]1OC(C)=O.CC(=O)O[C@H]1[C@H](OC(C)=O)COC(Oc2c3c(c(-c4ccc5c(c4)OCO5)c4cc(CO)c(CO)cc24)C(=O)OC3)[C@@H]1O. The molecule has 0 aromatic heterocycles. The van der Waals surface area contributed by atoms with Crippen LogP contribution in [0.4, 0.5) is 0 Å². The molecule has 9 aliphatic heterocycles. The van der Waals surface area contributed by atoms with Crippen LogP contribution in [0.3, 0.4) is 0 Å². The molecule has 39 heteroatoms. The molecule has 3 fully saturated rings. The highest BCUT2D eigenvalue weighted by Gasteiger charge is 2.51. The van der Waals surface area contributed by atoms with Crippen molar-refractivity contribution in [1.82, 2.24) is 0 Å². The van der Waals surface area contributed by atoms with E-state index in [9.17, 15) is 89.1 Å². The molecule has 129 heavy (non-hydrogen) atoms. The van der Waals surface area contributed by atoms with Crippen LogP contribution >= 0.6 is 0 Å². The number of esters is 9. The van der Waals surface area contributed by atoms with Crippen LogP contribution in [0.5, 0.6) is 51.7 Å². The molecule has 9 aliphatic rings. The van der Waals surface area contributed by atoms with Gasteiger partial charge in [0.05, 0.1) is 76.2 Å². The first kappa shape index (κ1) is 89.1. The Bertz CT molecular complexity index is 6020. The molecule has 3 unspecified atom stereocenters. The Labute approximate surface area is 729 Å². The normalized spacial score (nSPS) is 22.2. The lowest BCUT2D eigenvalue weighted by Crippen LogP contribution is -2.58. The van der Waals surface area contributed by atoms with E-state index >= 15 is 0 Å². The maximum atomic E-state index is 13.3. The van der Waals surface area contributed by atoms with Crippen LogP contribution in [-0.2, 0) is 145 Å². The topological polar surface area (TPSA) is 530 Å². The van der Waals surface area contributed by atoms with Gasteiger partial charge in [0.1, 0.15) is 49.3 Å². The smallest absolute Gasteiger partial charge is 0.339 e. The van der Waals surface area contributed by atoms with Crippen molar-refractivity contribution in [2.45, 2.75) is 175 Å². The van der Waals surface area contributed by atoms with Gasteiger partial charge in [-0.2, -0.15) is 0 Å². The van der Waals surface area contributed by atoms with E-state index in [2.05, 4.69) is 0 Å². The monoisotopic (exact) mass is 1790 g/mol. The molecule has 678 valence electrons. The van der Waals surface area contributed by atoms with E-state index in [1.807, 2.05) is 0 Å². The van der Waals surface area contributed by atoms with Crippen molar-refractivity contribution in [2.24, 2.45) is 0 Å². The molecule has 39 nitrogen and oxygen atoms in total. The van der Waals surface area contributed by atoms with Crippen LogP contribution < -0.4 is 42.6 Å². The minimum atomic E-state index is -1.60. The Balaban J connectivity index is 0.000000142. The van der Waals surface area contributed by atoms with Crippen LogP contribution in [0.25, 0.3) is 65.7 Å². The highest BCUT2D eigenvalue weighted by atomic mass is 16.7. The summed E-state index contributed by atoms with van der Waals surface area (Å²) in [4.78, 5) is 111. The molecule has 0 amide bonds. The van der Waals surface area contributed by atoms with E-state index < -0.39 is 167 Å². The minimum Gasteiger partial charge on any atom is -0.461 e. The predicted molar refractivity (Wildman–Crippen MR) is 432 cm³/mol. The third-order valence-electron chi connectivity index (χ3n) is 22.5. The molecule has 0 bridgehead atoms. The number of carbonyl (C=O) groups is 9. The summed E-state index contributed by atoms with van der Waals surface area (Å²) < 4.78 is 117. The summed E-state index contributed by atoms with van der Waals surface area (Å²) in [6.07, 6.45) is -16.2. The maximum absolute atomic E-state index is 13.3. The zero-order valence-electron chi connectivity index (χ0n) is 69.5. The van der Waals surface area contributed by atoms with Gasteiger partial charge in [0, 0.05) is 91.1 Å². The zero-order valence-corrected chi connectivity index (χ0v) is 69.5. The van der Waals surface area contributed by atoms with E-state index in [0.29, 0.717) is 150 Å². The average Bonchev–Trinajstić information content (AvgIpc) is 1.72. The maximum Gasteiger partial charge on any atom is 0.339 e. The van der Waals surface area contributed by atoms with Gasteiger partial charge in [-0.25, -0.2) is 14.4 Å². The van der Waals surface area contributed by atoms with Gasteiger partial charge in [0.25, 0.3) is 0 Å². The number of aliphatic hydroxyl groups is 9. The molecular formula is C90H84O39. The van der Waals surface area contributed by atoms with Crippen LogP contribution in [0.15, 0.2) is 91.0 Å². The average molecular weight is 1790 g/mol. The molecule has 12 atom stereocenters. The summed E-state index contributed by atoms with van der Waals surface area (Å²) in [5.41, 5.74) is 7.34. The number of fused-ring (bicyclic) bond motifs is 9. The number of carbonyl (C=O) groups excluding carboxylic acids is 9. The summed E-state index contributed by atoms with van der Waals surface area (Å²) in [5.74, 6) is -2.66. The molecule has 9 N–H and O–H groups in total. The van der Waals surface area contributed by atoms with E-state index in [4.69, 9.17) is 99.5 Å². The Morgan fingerprint density at radius 3 is 0.969 bits per heavy atom. The molecule has 18 rings (SSSR count). The van der Waals surface area contributed by atoms with E-state index in [-0.39, 0.29) is 94.0 Å². The van der Waals surface area contributed by atoms with Crippen molar-refractivity contribution in [1.29, 1.82) is 0 Å². The first-order chi connectivity index (χ1) is 62.1. The summed E-state index contributed by atoms with van der Waals surface area (Å²) >= 11 is 0. The number of hydrogen-bond acceptors (Lipinski definition) is 39. The predicted octanol–water partition coefficient (Wildman–Crippen LogP) is 5.55. The van der Waals surface area contributed by atoms with E-state index in [1.165, 1.54) is 13.8 Å². The quantitative estimate of drug-likeness (QED) is 0.0314. The molecule has 0 radical (unpaired) electrons. The van der Waals surface area contributed by atoms with Crippen molar-refractivity contribution < 1.29 is 189 Å². The highest BCUT2D eigenvalue weighted by molar-refractivity contribution is 6.16. The van der Waals surface area contributed by atoms with Crippen molar-refractivity contribution in [3.8, 4) is 85.1 Å². The molecule has 0 spiro atoms. The van der Waals surface area contributed by atoms with E-state index in [0.717, 1.165) is 27.7 Å². The molecule has 0 aliphatic carbocycles. The molecule has 9 aromatic carbocycles. The fraction of sp³-hybridized carbons (Fsp3) is 0.367. The van der Waals surface area contributed by atoms with Crippen LogP contribution in [-0.4, -0.2) is 214 Å². The number of hydrogen-bond donors (Lipinski definition) is 9. The number of ether oxygens (including phenoxy) is 21. The Morgan fingerprint density at radius 1 is 0.310 bits per heavy atom. The van der Waals surface area contributed by atoms with Crippen molar-refractivity contribution >= 4 is 86.0 Å². The highest BCUT2D eigenvalue weighted by Crippen LogP contribution is 2.53. The second kappa shape index (κ2) is 37.2. The number of aliphatic hydroxyl groups excluding tert-OH is 9. The van der Waals surface area contributed by atoms with Gasteiger partial charge in [0.2, 0.25) is 45.4 Å². The van der Waals surface area contributed by atoms with Gasteiger partial charge in [-0.15, -0.1) is 0 Å². The Hall–Kier alpha value is -13.3. The van der Waals surface area contributed by atoms with Crippen LogP contribution in [0, 0.1) is 0 Å². The third kappa shape index (κ3) is 17.4. The van der Waals surface area contributed by atoms with Gasteiger partial charge < -0.3 is 145 Å². The number of rotatable bonds is 21. The molecule has 3 saturated heterocycles. The van der Waals surface area contributed by atoms with Crippen molar-refractivity contribution in [3.05, 3.63) is 158 Å². The lowest BCUT2D eigenvalue weighted by molar-refractivity contribution is -0.255. The van der Waals surface area contributed by atoms with Gasteiger partial charge in [-0.1, -0.05) is 18.2 Å². The summed E-state index contributed by atoms with van der Waals surface area (Å²) in [6.45, 7) is 3.32. The first-order valence-electron chi connectivity index (χ1n) is 40.3. The first-order valence-corrected chi connectivity index (χ1v) is 40.3. The van der Waals surface area contributed by atoms with Gasteiger partial charge in [-0.3, -0.25) is 28.8 Å². The molecule has 0 saturated carbocycles. The second-order valence-electron chi connectivity index (χ2n) is 30.7. The minimum absolute atomic E-state index is 0.0505. The second-order valence-corrected chi connectivity index (χ2v) is 30.7. The lowest BCUT2D eigenvalue weighted by Gasteiger charge is -2.39. The summed E-state index contributed by atoms with van der Waals surface area (Å²) in [6, 6.07) is 25.5. The van der Waals surface area contributed by atoms with Gasteiger partial charge in [0.15, 0.2) is 71.1 Å². The van der Waals surface area contributed by atoms with Crippen LogP contribution in [0.2, 0.25) is 0 Å². The van der Waals surface area contributed by atoms with Crippen LogP contribution in [0.1, 0.15) is 123 Å². The van der Waals surface area contributed by atoms with Crippen molar-refractivity contribution in [3.63, 3.8) is 0 Å².